The molecule has 0 saturated carbocycles. The first-order valence-corrected chi connectivity index (χ1v) is 11.3. The van der Waals surface area contributed by atoms with Crippen molar-refractivity contribution >= 4 is 17.8 Å². The van der Waals surface area contributed by atoms with E-state index in [9.17, 15) is 19.5 Å². The first-order valence-electron chi connectivity index (χ1n) is 11.3. The summed E-state index contributed by atoms with van der Waals surface area (Å²) in [6, 6.07) is -0.916. The van der Waals surface area contributed by atoms with Gasteiger partial charge in [-0.1, -0.05) is 37.6 Å². The van der Waals surface area contributed by atoms with Crippen LogP contribution in [-0.2, 0) is 23.9 Å². The molecule has 8 nitrogen and oxygen atoms in total. The zero-order valence-electron chi connectivity index (χ0n) is 18.3. The van der Waals surface area contributed by atoms with E-state index in [-0.39, 0.29) is 31.6 Å². The van der Waals surface area contributed by atoms with Crippen molar-refractivity contribution in [3.63, 3.8) is 0 Å². The summed E-state index contributed by atoms with van der Waals surface area (Å²) in [6.45, 7) is 4.89. The Balaban J connectivity index is 1.82. The third kappa shape index (κ3) is 3.40. The Labute approximate surface area is 182 Å². The fourth-order valence-corrected chi connectivity index (χ4v) is 5.58. The molecule has 0 bridgehead atoms. The van der Waals surface area contributed by atoms with E-state index in [0.717, 1.165) is 19.3 Å². The van der Waals surface area contributed by atoms with Crippen LogP contribution in [0, 0.1) is 11.8 Å². The van der Waals surface area contributed by atoms with Crippen molar-refractivity contribution in [3.8, 4) is 0 Å². The quantitative estimate of drug-likeness (QED) is 0.515. The van der Waals surface area contributed by atoms with E-state index in [0.29, 0.717) is 19.5 Å². The molecule has 1 unspecified atom stereocenters. The minimum Gasteiger partial charge on any atom is -0.465 e. The van der Waals surface area contributed by atoms with E-state index in [1.165, 1.54) is 4.90 Å². The number of carbonyl (C=O) groups is 3. The van der Waals surface area contributed by atoms with Gasteiger partial charge < -0.3 is 24.4 Å². The molecule has 2 fully saturated rings. The van der Waals surface area contributed by atoms with Crippen molar-refractivity contribution in [2.75, 3.05) is 32.8 Å². The number of fused-ring (bicyclic) bond motifs is 2. The lowest BCUT2D eigenvalue weighted by molar-refractivity contribution is -0.159. The van der Waals surface area contributed by atoms with Gasteiger partial charge >= 0.3 is 5.97 Å². The molecule has 0 aliphatic carbocycles. The van der Waals surface area contributed by atoms with E-state index in [1.54, 1.807) is 11.8 Å². The average molecular weight is 433 g/mol. The maximum atomic E-state index is 13.7. The largest absolute Gasteiger partial charge is 0.465 e. The van der Waals surface area contributed by atoms with Gasteiger partial charge in [0.15, 0.2) is 0 Å². The second-order valence-corrected chi connectivity index (χ2v) is 9.00. The summed E-state index contributed by atoms with van der Waals surface area (Å²) < 4.78 is 12.1. The Kier molecular flexibility index (Phi) is 5.96. The van der Waals surface area contributed by atoms with Gasteiger partial charge in [-0.25, -0.2) is 0 Å². The second-order valence-electron chi connectivity index (χ2n) is 9.00. The summed E-state index contributed by atoms with van der Waals surface area (Å²) in [5.74, 6) is -2.75. The first-order chi connectivity index (χ1) is 14.9. The Morgan fingerprint density at radius 2 is 1.94 bits per heavy atom. The topological polar surface area (TPSA) is 96.4 Å². The number of amides is 2. The molecule has 0 radical (unpaired) electrons. The van der Waals surface area contributed by atoms with Gasteiger partial charge in [0.25, 0.3) is 0 Å². The van der Waals surface area contributed by atoms with Gasteiger partial charge in [0.2, 0.25) is 11.8 Å². The third-order valence-corrected chi connectivity index (χ3v) is 6.96. The van der Waals surface area contributed by atoms with Gasteiger partial charge in [-0.2, -0.15) is 0 Å². The van der Waals surface area contributed by atoms with Crippen LogP contribution in [0.25, 0.3) is 0 Å². The number of allylic oxidation sites excluding steroid dienone is 1. The zero-order valence-corrected chi connectivity index (χ0v) is 18.3. The minimum atomic E-state index is -1.27. The number of cyclic esters (lactones) is 1. The van der Waals surface area contributed by atoms with E-state index >= 15 is 0 Å². The highest BCUT2D eigenvalue weighted by Gasteiger charge is 2.74. The summed E-state index contributed by atoms with van der Waals surface area (Å²) >= 11 is 0. The molecule has 1 spiro atoms. The van der Waals surface area contributed by atoms with Crippen LogP contribution >= 0.6 is 0 Å². The predicted octanol–water partition coefficient (Wildman–Crippen LogP) is 1.04. The molecule has 2 amide bonds. The molecule has 0 aromatic heterocycles. The van der Waals surface area contributed by atoms with Crippen molar-refractivity contribution in [1.82, 2.24) is 9.80 Å². The van der Waals surface area contributed by atoms with Crippen molar-refractivity contribution in [2.24, 2.45) is 11.8 Å². The Morgan fingerprint density at radius 3 is 2.68 bits per heavy atom. The molecular formula is C23H32N2O6. The molecule has 170 valence electrons. The second kappa shape index (κ2) is 8.39. The van der Waals surface area contributed by atoms with Gasteiger partial charge in [-0.15, -0.1) is 0 Å². The van der Waals surface area contributed by atoms with E-state index < -0.39 is 35.0 Å². The number of rotatable bonds is 5. The molecule has 31 heavy (non-hydrogen) atoms. The number of aliphatic hydroxyl groups excluding tert-OH is 1. The predicted molar refractivity (Wildman–Crippen MR) is 112 cm³/mol. The van der Waals surface area contributed by atoms with Gasteiger partial charge in [0.1, 0.15) is 17.6 Å². The van der Waals surface area contributed by atoms with E-state index in [2.05, 4.69) is 6.92 Å². The molecule has 2 saturated heterocycles. The fourth-order valence-electron chi connectivity index (χ4n) is 5.58. The van der Waals surface area contributed by atoms with Crippen molar-refractivity contribution in [3.05, 3.63) is 24.3 Å². The summed E-state index contributed by atoms with van der Waals surface area (Å²) in [5, 5.41) is 9.63. The number of hydrogen-bond acceptors (Lipinski definition) is 6. The van der Waals surface area contributed by atoms with Crippen LogP contribution < -0.4 is 0 Å². The van der Waals surface area contributed by atoms with Gasteiger partial charge in [0, 0.05) is 19.6 Å². The molecule has 1 N–H and O–H groups in total. The summed E-state index contributed by atoms with van der Waals surface area (Å²) in [7, 11) is 0. The van der Waals surface area contributed by atoms with Crippen molar-refractivity contribution in [1.29, 1.82) is 0 Å². The Bertz CT molecular complexity index is 810. The Morgan fingerprint density at radius 1 is 1.13 bits per heavy atom. The number of likely N-dealkylation sites (tertiary alicyclic amines) is 1. The SMILES string of the molecule is CCCCN1CC=C[C@]23O[C@]4(C)/C=C\CCCOC(=O)[C@@H]4[C@H]2C(=O)N(CCO)C3C1=O. The highest BCUT2D eigenvalue weighted by molar-refractivity contribution is 5.99. The smallest absolute Gasteiger partial charge is 0.313 e. The third-order valence-electron chi connectivity index (χ3n) is 6.96. The lowest BCUT2D eigenvalue weighted by Gasteiger charge is -2.37. The van der Waals surface area contributed by atoms with Gasteiger partial charge in [-0.05, 0) is 26.2 Å². The lowest BCUT2D eigenvalue weighted by Crippen LogP contribution is -2.56. The standard InChI is InChI=1S/C23H32N2O6/c1-3-4-11-24-12-8-10-23-16(19(27)25(13-14-26)18(23)20(24)28)17-21(29)30-15-7-5-6-9-22(17,2)31-23/h6,8-10,16-18,26H,3-5,7,11-15H2,1-2H3/b9-6-/t16-,17-,18?,22+,23-/m0/s1. The van der Waals surface area contributed by atoms with Crippen LogP contribution in [0.15, 0.2) is 24.3 Å². The van der Waals surface area contributed by atoms with E-state index in [1.807, 2.05) is 24.3 Å². The van der Waals surface area contributed by atoms with Crippen molar-refractivity contribution < 1.29 is 29.0 Å². The molecule has 4 aliphatic rings. The molecular weight excluding hydrogens is 400 g/mol. The van der Waals surface area contributed by atoms with Crippen LogP contribution in [0.5, 0.6) is 0 Å². The van der Waals surface area contributed by atoms with Gasteiger partial charge in [-0.3, -0.25) is 14.4 Å². The molecule has 8 heteroatoms. The van der Waals surface area contributed by atoms with Gasteiger partial charge in [0.05, 0.1) is 24.7 Å². The van der Waals surface area contributed by atoms with Crippen LogP contribution in [0.4, 0.5) is 0 Å². The van der Waals surface area contributed by atoms with Crippen LogP contribution in [0.3, 0.4) is 0 Å². The maximum absolute atomic E-state index is 13.7. The summed E-state index contributed by atoms with van der Waals surface area (Å²) in [6.07, 6.45) is 10.8. The molecule has 0 aromatic rings. The highest BCUT2D eigenvalue weighted by Crippen LogP contribution is 2.57. The van der Waals surface area contributed by atoms with Crippen LogP contribution in [-0.4, -0.2) is 82.8 Å². The average Bonchev–Trinajstić information content (AvgIpc) is 3.08. The number of unbranched alkanes of at least 4 members (excludes halogenated alkanes) is 1. The highest BCUT2D eigenvalue weighted by atomic mass is 16.6. The number of carbonyl (C=O) groups excluding carboxylic acids is 3. The number of aliphatic hydroxyl groups is 1. The number of β-amino-alcohol motifs (C(OH)–C–C–N with tert-alkyl or cyclic N) is 1. The van der Waals surface area contributed by atoms with Crippen molar-refractivity contribution in [2.45, 2.75) is 56.8 Å². The summed E-state index contributed by atoms with van der Waals surface area (Å²) in [5.41, 5.74) is -2.33. The summed E-state index contributed by atoms with van der Waals surface area (Å²) in [4.78, 5) is 43.6. The Hall–Kier alpha value is -2.19. The zero-order chi connectivity index (χ0) is 22.2. The number of nitrogens with zero attached hydrogens (tertiary/aromatic N) is 2. The minimum absolute atomic E-state index is 0.0145. The maximum Gasteiger partial charge on any atom is 0.313 e. The molecule has 4 heterocycles. The molecule has 0 aromatic carbocycles. The molecule has 4 aliphatic heterocycles. The molecule has 5 atom stereocenters. The fraction of sp³-hybridized carbons (Fsp3) is 0.696. The lowest BCUT2D eigenvalue weighted by atomic mass is 9.74. The monoisotopic (exact) mass is 432 g/mol. The van der Waals surface area contributed by atoms with Crippen LogP contribution in [0.1, 0.15) is 39.5 Å². The first kappa shape index (κ1) is 22.0. The molecule has 4 rings (SSSR count). The number of hydrogen-bond donors (Lipinski definition) is 1. The number of esters is 1. The number of ether oxygens (including phenoxy) is 2. The normalized spacial score (nSPS) is 38.5. The van der Waals surface area contributed by atoms with Crippen LogP contribution in [0.2, 0.25) is 0 Å². The van der Waals surface area contributed by atoms with E-state index in [4.69, 9.17) is 9.47 Å².